The van der Waals surface area contributed by atoms with E-state index in [-0.39, 0.29) is 11.8 Å². The molecule has 1 aromatic rings. The van der Waals surface area contributed by atoms with Crippen molar-refractivity contribution >= 4 is 23.2 Å². The predicted molar refractivity (Wildman–Crippen MR) is 69.1 cm³/mol. The van der Waals surface area contributed by atoms with Crippen molar-refractivity contribution in [2.24, 2.45) is 11.7 Å². The van der Waals surface area contributed by atoms with E-state index in [4.69, 9.17) is 28.9 Å². The highest BCUT2D eigenvalue weighted by Gasteiger charge is 2.24. The number of hydrogen-bond acceptors (Lipinski definition) is 2. The fraction of sp³-hybridized carbons (Fsp3) is 0.500. The van der Waals surface area contributed by atoms with E-state index in [1.807, 2.05) is 19.9 Å². The lowest BCUT2D eigenvalue weighted by Gasteiger charge is -2.25. The maximum Gasteiger partial charge on any atom is 0.0644 e. The van der Waals surface area contributed by atoms with Crippen molar-refractivity contribution in [2.75, 3.05) is 6.54 Å². The second-order valence-electron chi connectivity index (χ2n) is 4.24. The summed E-state index contributed by atoms with van der Waals surface area (Å²) in [6.07, 6.45) is -0.497. The minimum atomic E-state index is -0.497. The Hall–Kier alpha value is -0.280. The highest BCUT2D eigenvalue weighted by atomic mass is 35.5. The standard InChI is InChI=1S/C12H17Cl2NO/c1-7(2)12(16)10(6-15)9-4-3-8(13)5-11(9)14/h3-5,7,10,12,16H,6,15H2,1-2H3. The van der Waals surface area contributed by atoms with Crippen molar-refractivity contribution in [1.82, 2.24) is 0 Å². The van der Waals surface area contributed by atoms with Gasteiger partial charge in [-0.25, -0.2) is 0 Å². The molecule has 0 aromatic heterocycles. The second-order valence-corrected chi connectivity index (χ2v) is 5.09. The van der Waals surface area contributed by atoms with E-state index in [1.165, 1.54) is 0 Å². The third-order valence-corrected chi connectivity index (χ3v) is 3.27. The van der Waals surface area contributed by atoms with Crippen LogP contribution in [0.15, 0.2) is 18.2 Å². The minimum absolute atomic E-state index is 0.139. The average molecular weight is 262 g/mol. The Balaban J connectivity index is 3.04. The van der Waals surface area contributed by atoms with Crippen LogP contribution >= 0.6 is 23.2 Å². The molecule has 16 heavy (non-hydrogen) atoms. The van der Waals surface area contributed by atoms with Crippen LogP contribution in [-0.4, -0.2) is 17.8 Å². The average Bonchev–Trinajstić information content (AvgIpc) is 2.21. The minimum Gasteiger partial charge on any atom is -0.392 e. The number of nitrogens with two attached hydrogens (primary N) is 1. The molecule has 2 atom stereocenters. The van der Waals surface area contributed by atoms with Gasteiger partial charge in [0.15, 0.2) is 0 Å². The molecule has 90 valence electrons. The van der Waals surface area contributed by atoms with Crippen LogP contribution in [0.5, 0.6) is 0 Å². The van der Waals surface area contributed by atoms with Gasteiger partial charge >= 0.3 is 0 Å². The summed E-state index contributed by atoms with van der Waals surface area (Å²) in [5.74, 6) is -0.00920. The van der Waals surface area contributed by atoms with Gasteiger partial charge in [0.25, 0.3) is 0 Å². The first kappa shape index (κ1) is 13.8. The van der Waals surface area contributed by atoms with Crippen LogP contribution in [0.2, 0.25) is 10.0 Å². The van der Waals surface area contributed by atoms with Crippen LogP contribution in [0.3, 0.4) is 0 Å². The summed E-state index contributed by atoms with van der Waals surface area (Å²) in [6.45, 7) is 4.27. The molecular weight excluding hydrogens is 245 g/mol. The highest BCUT2D eigenvalue weighted by molar-refractivity contribution is 6.35. The fourth-order valence-electron chi connectivity index (χ4n) is 1.72. The van der Waals surface area contributed by atoms with E-state index >= 15 is 0 Å². The first-order chi connectivity index (χ1) is 7.47. The lowest BCUT2D eigenvalue weighted by molar-refractivity contribution is 0.0986. The van der Waals surface area contributed by atoms with Crippen LogP contribution in [-0.2, 0) is 0 Å². The molecule has 0 amide bonds. The molecule has 0 saturated carbocycles. The summed E-state index contributed by atoms with van der Waals surface area (Å²) in [5.41, 5.74) is 6.56. The Labute approximate surface area is 106 Å². The van der Waals surface area contributed by atoms with Crippen molar-refractivity contribution in [3.63, 3.8) is 0 Å². The van der Waals surface area contributed by atoms with Crippen molar-refractivity contribution in [3.05, 3.63) is 33.8 Å². The zero-order valence-electron chi connectivity index (χ0n) is 9.45. The van der Waals surface area contributed by atoms with Crippen molar-refractivity contribution in [2.45, 2.75) is 25.9 Å². The predicted octanol–water partition coefficient (Wildman–Crippen LogP) is 3.05. The van der Waals surface area contributed by atoms with E-state index in [2.05, 4.69) is 0 Å². The number of rotatable bonds is 4. The van der Waals surface area contributed by atoms with Crippen LogP contribution < -0.4 is 5.73 Å². The van der Waals surface area contributed by atoms with Crippen LogP contribution in [0.4, 0.5) is 0 Å². The zero-order chi connectivity index (χ0) is 12.3. The molecule has 4 heteroatoms. The Bertz CT molecular complexity index is 355. The molecule has 0 radical (unpaired) electrons. The van der Waals surface area contributed by atoms with Gasteiger partial charge in [-0.3, -0.25) is 0 Å². The summed E-state index contributed by atoms with van der Waals surface area (Å²) in [4.78, 5) is 0. The lowest BCUT2D eigenvalue weighted by Crippen LogP contribution is -2.30. The molecule has 3 N–H and O–H groups in total. The maximum absolute atomic E-state index is 10.1. The third-order valence-electron chi connectivity index (χ3n) is 2.71. The molecule has 0 spiro atoms. The van der Waals surface area contributed by atoms with Crippen molar-refractivity contribution in [1.29, 1.82) is 0 Å². The Kier molecular flexibility index (Phi) is 5.06. The van der Waals surface area contributed by atoms with E-state index in [0.29, 0.717) is 16.6 Å². The van der Waals surface area contributed by atoms with E-state index in [1.54, 1.807) is 12.1 Å². The van der Waals surface area contributed by atoms with E-state index < -0.39 is 6.10 Å². The van der Waals surface area contributed by atoms with Gasteiger partial charge in [-0.1, -0.05) is 43.1 Å². The smallest absolute Gasteiger partial charge is 0.0644 e. The highest BCUT2D eigenvalue weighted by Crippen LogP contribution is 2.31. The summed E-state index contributed by atoms with van der Waals surface area (Å²) < 4.78 is 0. The van der Waals surface area contributed by atoms with Gasteiger partial charge in [0.2, 0.25) is 0 Å². The van der Waals surface area contributed by atoms with Crippen LogP contribution in [0.1, 0.15) is 25.3 Å². The van der Waals surface area contributed by atoms with Gasteiger partial charge in [-0.05, 0) is 23.6 Å². The van der Waals surface area contributed by atoms with Gasteiger partial charge in [0.05, 0.1) is 6.10 Å². The molecular formula is C12H17Cl2NO. The topological polar surface area (TPSA) is 46.2 Å². The van der Waals surface area contributed by atoms with E-state index in [9.17, 15) is 5.11 Å². The molecule has 0 aliphatic heterocycles. The van der Waals surface area contributed by atoms with Gasteiger partial charge in [0, 0.05) is 22.5 Å². The molecule has 1 aromatic carbocycles. The molecule has 0 heterocycles. The monoisotopic (exact) mass is 261 g/mol. The normalized spacial score (nSPS) is 15.2. The Morgan fingerprint density at radius 2 is 1.94 bits per heavy atom. The summed E-state index contributed by atoms with van der Waals surface area (Å²) in [5, 5.41) is 11.2. The number of hydrogen-bond donors (Lipinski definition) is 2. The lowest BCUT2D eigenvalue weighted by atomic mass is 9.87. The number of halogens is 2. The second kappa shape index (κ2) is 5.87. The Morgan fingerprint density at radius 1 is 1.31 bits per heavy atom. The summed E-state index contributed by atoms with van der Waals surface area (Å²) in [6, 6.07) is 5.26. The van der Waals surface area contributed by atoms with Crippen molar-refractivity contribution < 1.29 is 5.11 Å². The largest absolute Gasteiger partial charge is 0.392 e. The molecule has 0 saturated heterocycles. The van der Waals surface area contributed by atoms with Gasteiger partial charge in [0.1, 0.15) is 0 Å². The number of aliphatic hydroxyl groups excluding tert-OH is 1. The third kappa shape index (κ3) is 3.11. The molecule has 1 rings (SSSR count). The summed E-state index contributed by atoms with van der Waals surface area (Å²) in [7, 11) is 0. The van der Waals surface area contributed by atoms with Gasteiger partial charge in [-0.15, -0.1) is 0 Å². The molecule has 0 bridgehead atoms. The Morgan fingerprint density at radius 3 is 2.38 bits per heavy atom. The molecule has 2 unspecified atom stereocenters. The molecule has 0 aliphatic carbocycles. The van der Waals surface area contributed by atoms with Crippen LogP contribution in [0, 0.1) is 5.92 Å². The SMILES string of the molecule is CC(C)C(O)C(CN)c1ccc(Cl)cc1Cl. The first-order valence-corrected chi connectivity index (χ1v) is 6.06. The quantitative estimate of drug-likeness (QED) is 0.876. The maximum atomic E-state index is 10.1. The molecule has 0 aliphatic rings. The van der Waals surface area contributed by atoms with E-state index in [0.717, 1.165) is 5.56 Å². The number of aliphatic hydroxyl groups is 1. The summed E-state index contributed by atoms with van der Waals surface area (Å²) >= 11 is 11.9. The molecule has 2 nitrogen and oxygen atoms in total. The first-order valence-electron chi connectivity index (χ1n) is 5.30. The molecule has 0 fully saturated rings. The zero-order valence-corrected chi connectivity index (χ0v) is 11.0. The number of benzene rings is 1. The van der Waals surface area contributed by atoms with Crippen LogP contribution in [0.25, 0.3) is 0 Å². The van der Waals surface area contributed by atoms with Gasteiger partial charge < -0.3 is 10.8 Å². The fourth-order valence-corrected chi connectivity index (χ4v) is 2.27. The van der Waals surface area contributed by atoms with Crippen molar-refractivity contribution in [3.8, 4) is 0 Å². The van der Waals surface area contributed by atoms with Gasteiger partial charge in [-0.2, -0.15) is 0 Å².